The van der Waals surface area contributed by atoms with Crippen molar-refractivity contribution in [1.29, 1.82) is 0 Å². The van der Waals surface area contributed by atoms with Crippen LogP contribution in [0.3, 0.4) is 0 Å². The van der Waals surface area contributed by atoms with Crippen LogP contribution in [-0.2, 0) is 15.0 Å². The number of anilines is 1. The average molecular weight is 302 g/mol. The molecule has 2 amide bonds. The van der Waals surface area contributed by atoms with E-state index in [0.717, 1.165) is 5.69 Å². The van der Waals surface area contributed by atoms with Crippen molar-refractivity contribution in [2.75, 3.05) is 18.0 Å². The minimum Gasteiger partial charge on any atom is -0.353 e. The molecule has 120 valence electrons. The van der Waals surface area contributed by atoms with Crippen molar-refractivity contribution in [2.45, 2.75) is 39.5 Å². The van der Waals surface area contributed by atoms with E-state index in [1.807, 2.05) is 24.3 Å². The van der Waals surface area contributed by atoms with Gasteiger partial charge in [-0.1, -0.05) is 39.0 Å². The van der Waals surface area contributed by atoms with E-state index < -0.39 is 0 Å². The van der Waals surface area contributed by atoms with Gasteiger partial charge in [-0.3, -0.25) is 9.59 Å². The van der Waals surface area contributed by atoms with E-state index in [2.05, 4.69) is 32.7 Å². The van der Waals surface area contributed by atoms with Crippen molar-refractivity contribution in [1.82, 2.24) is 5.32 Å². The summed E-state index contributed by atoms with van der Waals surface area (Å²) in [6, 6.07) is 7.93. The van der Waals surface area contributed by atoms with E-state index in [1.165, 1.54) is 12.5 Å². The predicted molar refractivity (Wildman–Crippen MR) is 91.0 cm³/mol. The van der Waals surface area contributed by atoms with Crippen molar-refractivity contribution in [3.8, 4) is 0 Å². The lowest BCUT2D eigenvalue weighted by molar-refractivity contribution is -0.120. The third kappa shape index (κ3) is 5.35. The van der Waals surface area contributed by atoms with Gasteiger partial charge in [-0.2, -0.15) is 0 Å². The number of carbonyl (C=O) groups excluding carboxylic acids is 2. The number of hydrogen-bond acceptors (Lipinski definition) is 2. The molecule has 0 aliphatic carbocycles. The summed E-state index contributed by atoms with van der Waals surface area (Å²) in [6.45, 7) is 12.3. The summed E-state index contributed by atoms with van der Waals surface area (Å²) in [4.78, 5) is 25.1. The first-order chi connectivity index (χ1) is 10.3. The van der Waals surface area contributed by atoms with Crippen LogP contribution in [0.5, 0.6) is 0 Å². The number of amides is 2. The Morgan fingerprint density at radius 1 is 1.23 bits per heavy atom. The molecule has 0 aliphatic heterocycles. The van der Waals surface area contributed by atoms with Gasteiger partial charge >= 0.3 is 0 Å². The van der Waals surface area contributed by atoms with E-state index in [-0.39, 0.29) is 23.7 Å². The summed E-state index contributed by atoms with van der Waals surface area (Å²) >= 11 is 0. The van der Waals surface area contributed by atoms with Gasteiger partial charge in [0.15, 0.2) is 0 Å². The van der Waals surface area contributed by atoms with Crippen LogP contribution in [0.4, 0.5) is 5.69 Å². The first-order valence-corrected chi connectivity index (χ1v) is 7.52. The zero-order valence-electron chi connectivity index (χ0n) is 14.0. The summed E-state index contributed by atoms with van der Waals surface area (Å²) in [5.74, 6) is -0.155. The molecule has 0 spiro atoms. The maximum Gasteiger partial charge on any atom is 0.223 e. The van der Waals surface area contributed by atoms with E-state index in [9.17, 15) is 9.59 Å². The van der Waals surface area contributed by atoms with Crippen LogP contribution in [0.2, 0.25) is 0 Å². The monoisotopic (exact) mass is 302 g/mol. The van der Waals surface area contributed by atoms with E-state index >= 15 is 0 Å². The maximum absolute atomic E-state index is 11.8. The molecule has 0 saturated carbocycles. The van der Waals surface area contributed by atoms with Crippen molar-refractivity contribution in [2.24, 2.45) is 0 Å². The van der Waals surface area contributed by atoms with Crippen LogP contribution in [0.15, 0.2) is 36.9 Å². The molecule has 22 heavy (non-hydrogen) atoms. The highest BCUT2D eigenvalue weighted by molar-refractivity contribution is 5.92. The molecule has 0 saturated heterocycles. The molecule has 4 nitrogen and oxygen atoms in total. The van der Waals surface area contributed by atoms with Gasteiger partial charge in [-0.25, -0.2) is 0 Å². The lowest BCUT2D eigenvalue weighted by atomic mass is 9.87. The predicted octanol–water partition coefficient (Wildman–Crippen LogP) is 3.03. The number of benzene rings is 1. The second-order valence-corrected chi connectivity index (χ2v) is 6.31. The number of rotatable bonds is 6. The minimum absolute atomic E-state index is 0.0694. The molecular formula is C18H26N2O2. The molecule has 0 heterocycles. The molecular weight excluding hydrogens is 276 g/mol. The molecule has 4 heteroatoms. The fourth-order valence-electron chi connectivity index (χ4n) is 2.10. The zero-order chi connectivity index (χ0) is 16.8. The lowest BCUT2D eigenvalue weighted by Gasteiger charge is -2.23. The van der Waals surface area contributed by atoms with Gasteiger partial charge in [0.2, 0.25) is 11.8 Å². The summed E-state index contributed by atoms with van der Waals surface area (Å²) < 4.78 is 0. The molecule has 0 aromatic heterocycles. The lowest BCUT2D eigenvalue weighted by Crippen LogP contribution is -2.34. The molecule has 1 rings (SSSR count). The van der Waals surface area contributed by atoms with Crippen LogP contribution in [0.25, 0.3) is 0 Å². The van der Waals surface area contributed by atoms with Gasteiger partial charge in [-0.05, 0) is 23.1 Å². The second-order valence-electron chi connectivity index (χ2n) is 6.31. The minimum atomic E-state index is -0.0857. The van der Waals surface area contributed by atoms with E-state index in [4.69, 9.17) is 0 Å². The van der Waals surface area contributed by atoms with Crippen molar-refractivity contribution in [3.63, 3.8) is 0 Å². The molecule has 0 bridgehead atoms. The molecule has 0 fully saturated rings. The second kappa shape index (κ2) is 7.78. The SMILES string of the molecule is C=CCNC(=O)CCN(C(C)=O)c1ccc(C(C)(C)C)cc1. The van der Waals surface area contributed by atoms with Gasteiger partial charge in [0.25, 0.3) is 0 Å². The third-order valence-corrected chi connectivity index (χ3v) is 3.43. The summed E-state index contributed by atoms with van der Waals surface area (Å²) in [6.07, 6.45) is 1.90. The third-order valence-electron chi connectivity index (χ3n) is 3.43. The molecule has 1 N–H and O–H groups in total. The van der Waals surface area contributed by atoms with Gasteiger partial charge < -0.3 is 10.2 Å². The number of nitrogens with one attached hydrogen (secondary N) is 1. The summed E-state index contributed by atoms with van der Waals surface area (Å²) in [5.41, 5.74) is 2.10. The Morgan fingerprint density at radius 2 is 1.82 bits per heavy atom. The molecule has 1 aromatic rings. The Morgan fingerprint density at radius 3 is 2.27 bits per heavy atom. The first kappa shape index (κ1) is 18.0. The normalized spacial score (nSPS) is 10.9. The van der Waals surface area contributed by atoms with E-state index in [0.29, 0.717) is 13.1 Å². The largest absolute Gasteiger partial charge is 0.353 e. The quantitative estimate of drug-likeness (QED) is 0.821. The highest BCUT2D eigenvalue weighted by Crippen LogP contribution is 2.25. The number of carbonyl (C=O) groups is 2. The first-order valence-electron chi connectivity index (χ1n) is 7.52. The molecule has 0 aliphatic rings. The Hall–Kier alpha value is -2.10. The van der Waals surface area contributed by atoms with Gasteiger partial charge in [0, 0.05) is 32.1 Å². The molecule has 0 unspecified atom stereocenters. The fourth-order valence-corrected chi connectivity index (χ4v) is 2.10. The standard InChI is InChI=1S/C18H26N2O2/c1-6-12-19-17(22)11-13-20(14(2)21)16-9-7-15(8-10-16)18(3,4)5/h6-10H,1,11-13H2,2-5H3,(H,19,22). The van der Waals surface area contributed by atoms with Crippen LogP contribution < -0.4 is 10.2 Å². The fraction of sp³-hybridized carbons (Fsp3) is 0.444. The van der Waals surface area contributed by atoms with Gasteiger partial charge in [0.1, 0.15) is 0 Å². The topological polar surface area (TPSA) is 49.4 Å². The maximum atomic E-state index is 11.8. The number of hydrogen-bond donors (Lipinski definition) is 1. The Labute approximate surface area is 133 Å². The van der Waals surface area contributed by atoms with Crippen LogP contribution >= 0.6 is 0 Å². The highest BCUT2D eigenvalue weighted by atomic mass is 16.2. The molecule has 0 atom stereocenters. The summed E-state index contributed by atoms with van der Waals surface area (Å²) in [7, 11) is 0. The van der Waals surface area contributed by atoms with Gasteiger partial charge in [0.05, 0.1) is 0 Å². The number of nitrogens with zero attached hydrogens (tertiary/aromatic N) is 1. The highest BCUT2D eigenvalue weighted by Gasteiger charge is 2.16. The summed E-state index contributed by atoms with van der Waals surface area (Å²) in [5, 5.41) is 2.71. The molecule has 1 aromatic carbocycles. The zero-order valence-corrected chi connectivity index (χ0v) is 14.0. The van der Waals surface area contributed by atoms with Crippen molar-refractivity contribution < 1.29 is 9.59 Å². The Bertz CT molecular complexity index is 527. The smallest absolute Gasteiger partial charge is 0.223 e. The van der Waals surface area contributed by atoms with Crippen LogP contribution in [0, 0.1) is 0 Å². The van der Waals surface area contributed by atoms with Gasteiger partial charge in [-0.15, -0.1) is 6.58 Å². The molecule has 0 radical (unpaired) electrons. The van der Waals surface area contributed by atoms with Crippen LogP contribution in [-0.4, -0.2) is 24.9 Å². The Kier molecular flexibility index (Phi) is 6.35. The Balaban J connectivity index is 2.77. The van der Waals surface area contributed by atoms with Crippen molar-refractivity contribution in [3.05, 3.63) is 42.5 Å². The average Bonchev–Trinajstić information content (AvgIpc) is 2.44. The van der Waals surface area contributed by atoms with Crippen LogP contribution in [0.1, 0.15) is 39.7 Å². The van der Waals surface area contributed by atoms with Crippen molar-refractivity contribution >= 4 is 17.5 Å². The van der Waals surface area contributed by atoms with E-state index in [1.54, 1.807) is 11.0 Å².